The van der Waals surface area contributed by atoms with Crippen molar-refractivity contribution in [3.05, 3.63) is 30.1 Å². The average Bonchev–Trinajstić information content (AvgIpc) is 2.53. The number of hydroxylamine groups is 2. The number of carbonyl (C=O) groups excluding carboxylic acids is 1. The highest BCUT2D eigenvalue weighted by atomic mass is 16.7. The third-order valence-electron chi connectivity index (χ3n) is 3.93. The Kier molecular flexibility index (Phi) is 6.14. The summed E-state index contributed by atoms with van der Waals surface area (Å²) in [4.78, 5) is 21.8. The van der Waals surface area contributed by atoms with Crippen molar-refractivity contribution in [2.75, 3.05) is 19.6 Å². The Labute approximate surface area is 126 Å². The fraction of sp³-hybridized carbons (Fsp3) is 0.625. The summed E-state index contributed by atoms with van der Waals surface area (Å²) in [7, 11) is 0. The average molecular weight is 291 g/mol. The summed E-state index contributed by atoms with van der Waals surface area (Å²) in [6, 6.07) is 4.17. The van der Waals surface area contributed by atoms with E-state index in [0.29, 0.717) is 6.54 Å². The summed E-state index contributed by atoms with van der Waals surface area (Å²) in [6.45, 7) is 6.36. The normalized spacial score (nSPS) is 21.0. The SMILES string of the molecule is CCCC(CC)C(=O)ON1CCNC(c2ccncc2)C1. The molecule has 116 valence electrons. The molecule has 0 saturated carbocycles. The molecule has 1 N–H and O–H groups in total. The second kappa shape index (κ2) is 8.10. The molecule has 1 aromatic heterocycles. The van der Waals surface area contributed by atoms with Crippen LogP contribution in [-0.2, 0) is 9.63 Å². The first-order chi connectivity index (χ1) is 10.2. The largest absolute Gasteiger partial charge is 0.368 e. The van der Waals surface area contributed by atoms with E-state index >= 15 is 0 Å². The van der Waals surface area contributed by atoms with Gasteiger partial charge in [-0.3, -0.25) is 9.78 Å². The molecule has 2 unspecified atom stereocenters. The number of carbonyl (C=O) groups is 1. The standard InChI is InChI=1S/C16H25N3O2/c1-3-5-13(4-2)16(20)21-19-11-10-18-15(12-19)14-6-8-17-9-7-14/h6-9,13,15,18H,3-5,10-12H2,1-2H3. The van der Waals surface area contributed by atoms with Crippen LogP contribution in [0.2, 0.25) is 0 Å². The monoisotopic (exact) mass is 291 g/mol. The number of aromatic nitrogens is 1. The van der Waals surface area contributed by atoms with Crippen LogP contribution in [0.15, 0.2) is 24.5 Å². The van der Waals surface area contributed by atoms with E-state index in [1.165, 1.54) is 5.56 Å². The van der Waals surface area contributed by atoms with Gasteiger partial charge in [0.1, 0.15) is 0 Å². The van der Waals surface area contributed by atoms with Crippen molar-refractivity contribution in [2.45, 2.75) is 39.2 Å². The van der Waals surface area contributed by atoms with Gasteiger partial charge in [0.15, 0.2) is 0 Å². The van der Waals surface area contributed by atoms with Crippen LogP contribution in [0.5, 0.6) is 0 Å². The molecule has 2 atom stereocenters. The van der Waals surface area contributed by atoms with E-state index in [-0.39, 0.29) is 17.9 Å². The highest BCUT2D eigenvalue weighted by Crippen LogP contribution is 2.19. The highest BCUT2D eigenvalue weighted by Gasteiger charge is 2.26. The Morgan fingerprint density at radius 1 is 1.48 bits per heavy atom. The molecule has 0 radical (unpaired) electrons. The number of piperazine rings is 1. The van der Waals surface area contributed by atoms with Crippen molar-refractivity contribution < 1.29 is 9.63 Å². The van der Waals surface area contributed by atoms with E-state index in [9.17, 15) is 4.79 Å². The quantitative estimate of drug-likeness (QED) is 0.871. The lowest BCUT2D eigenvalue weighted by atomic mass is 10.0. The lowest BCUT2D eigenvalue weighted by Crippen LogP contribution is -2.47. The zero-order chi connectivity index (χ0) is 15.1. The predicted octanol–water partition coefficient (Wildman–Crippen LogP) is 2.31. The van der Waals surface area contributed by atoms with Crippen LogP contribution < -0.4 is 5.32 Å². The van der Waals surface area contributed by atoms with Gasteiger partial charge in [-0.05, 0) is 30.5 Å². The molecule has 1 aliphatic rings. The zero-order valence-corrected chi connectivity index (χ0v) is 12.9. The molecule has 2 heterocycles. The zero-order valence-electron chi connectivity index (χ0n) is 12.9. The van der Waals surface area contributed by atoms with Crippen molar-refractivity contribution in [3.63, 3.8) is 0 Å². The summed E-state index contributed by atoms with van der Waals surface area (Å²) in [5.41, 5.74) is 1.17. The first kappa shape index (κ1) is 15.9. The minimum Gasteiger partial charge on any atom is -0.368 e. The van der Waals surface area contributed by atoms with Crippen LogP contribution in [-0.4, -0.2) is 35.7 Å². The smallest absolute Gasteiger partial charge is 0.328 e. The molecule has 0 bridgehead atoms. The van der Waals surface area contributed by atoms with Crippen molar-refractivity contribution in [1.82, 2.24) is 15.4 Å². The summed E-state index contributed by atoms with van der Waals surface area (Å²) in [5, 5.41) is 5.24. The van der Waals surface area contributed by atoms with Gasteiger partial charge in [0, 0.05) is 31.5 Å². The van der Waals surface area contributed by atoms with Gasteiger partial charge < -0.3 is 10.2 Å². The lowest BCUT2D eigenvalue weighted by molar-refractivity contribution is -0.201. The first-order valence-electron chi connectivity index (χ1n) is 7.84. The molecule has 1 aromatic rings. The third kappa shape index (κ3) is 4.51. The minimum atomic E-state index is -0.0882. The van der Waals surface area contributed by atoms with Gasteiger partial charge in [0.25, 0.3) is 0 Å². The van der Waals surface area contributed by atoms with Crippen LogP contribution >= 0.6 is 0 Å². The van der Waals surface area contributed by atoms with Crippen molar-refractivity contribution >= 4 is 5.97 Å². The van der Waals surface area contributed by atoms with Crippen molar-refractivity contribution in [3.8, 4) is 0 Å². The van der Waals surface area contributed by atoms with Crippen LogP contribution in [0.3, 0.4) is 0 Å². The second-order valence-corrected chi connectivity index (χ2v) is 5.48. The fourth-order valence-electron chi connectivity index (χ4n) is 2.66. The van der Waals surface area contributed by atoms with E-state index in [2.05, 4.69) is 17.2 Å². The van der Waals surface area contributed by atoms with Crippen LogP contribution in [0.25, 0.3) is 0 Å². The predicted molar refractivity (Wildman–Crippen MR) is 81.3 cm³/mol. The molecule has 5 heteroatoms. The number of hydrogen-bond acceptors (Lipinski definition) is 5. The summed E-state index contributed by atoms with van der Waals surface area (Å²) < 4.78 is 0. The Morgan fingerprint density at radius 2 is 2.24 bits per heavy atom. The van der Waals surface area contributed by atoms with Gasteiger partial charge in [-0.2, -0.15) is 0 Å². The molecule has 0 aliphatic carbocycles. The Balaban J connectivity index is 1.91. The molecule has 1 saturated heterocycles. The van der Waals surface area contributed by atoms with E-state index in [1.807, 2.05) is 19.1 Å². The maximum Gasteiger partial charge on any atom is 0.328 e. The Bertz CT molecular complexity index is 438. The maximum absolute atomic E-state index is 12.2. The van der Waals surface area contributed by atoms with Gasteiger partial charge in [0.2, 0.25) is 0 Å². The molecule has 21 heavy (non-hydrogen) atoms. The molecule has 5 nitrogen and oxygen atoms in total. The molecular formula is C16H25N3O2. The van der Waals surface area contributed by atoms with Gasteiger partial charge in [-0.25, -0.2) is 0 Å². The van der Waals surface area contributed by atoms with Crippen molar-refractivity contribution in [1.29, 1.82) is 0 Å². The first-order valence-corrected chi connectivity index (χ1v) is 7.84. The van der Waals surface area contributed by atoms with E-state index in [0.717, 1.165) is 32.4 Å². The maximum atomic E-state index is 12.2. The summed E-state index contributed by atoms with van der Waals surface area (Å²) in [6.07, 6.45) is 6.32. The van der Waals surface area contributed by atoms with Crippen LogP contribution in [0.1, 0.15) is 44.7 Å². The number of nitrogens with one attached hydrogen (secondary N) is 1. The molecule has 0 aromatic carbocycles. The van der Waals surface area contributed by atoms with E-state index in [4.69, 9.17) is 4.84 Å². The van der Waals surface area contributed by atoms with E-state index < -0.39 is 0 Å². The fourth-order valence-corrected chi connectivity index (χ4v) is 2.66. The minimum absolute atomic E-state index is 0.0178. The lowest BCUT2D eigenvalue weighted by Gasteiger charge is -2.33. The van der Waals surface area contributed by atoms with Crippen LogP contribution in [0, 0.1) is 5.92 Å². The summed E-state index contributed by atoms with van der Waals surface area (Å²) >= 11 is 0. The van der Waals surface area contributed by atoms with Gasteiger partial charge in [-0.15, -0.1) is 5.06 Å². The topological polar surface area (TPSA) is 54.5 Å². The third-order valence-corrected chi connectivity index (χ3v) is 3.93. The van der Waals surface area contributed by atoms with Crippen LogP contribution in [0.4, 0.5) is 0 Å². The van der Waals surface area contributed by atoms with Crippen molar-refractivity contribution in [2.24, 2.45) is 5.92 Å². The number of hydrogen-bond donors (Lipinski definition) is 1. The number of nitrogens with zero attached hydrogens (tertiary/aromatic N) is 2. The molecular weight excluding hydrogens is 266 g/mol. The van der Waals surface area contributed by atoms with E-state index in [1.54, 1.807) is 17.5 Å². The molecule has 1 aliphatic heterocycles. The van der Waals surface area contributed by atoms with Gasteiger partial charge >= 0.3 is 5.97 Å². The highest BCUT2D eigenvalue weighted by molar-refractivity contribution is 5.72. The molecule has 0 amide bonds. The number of rotatable bonds is 6. The van der Waals surface area contributed by atoms with Gasteiger partial charge in [-0.1, -0.05) is 20.3 Å². The summed E-state index contributed by atoms with van der Waals surface area (Å²) in [5.74, 6) is -0.0704. The Morgan fingerprint density at radius 3 is 2.90 bits per heavy atom. The number of pyridine rings is 1. The molecule has 1 fully saturated rings. The Hall–Kier alpha value is -1.46. The van der Waals surface area contributed by atoms with Gasteiger partial charge in [0.05, 0.1) is 12.5 Å². The molecule has 2 rings (SSSR count). The molecule has 0 spiro atoms. The second-order valence-electron chi connectivity index (χ2n) is 5.48.